The van der Waals surface area contributed by atoms with Crippen LogP contribution in [0.15, 0.2) is 47.1 Å². The first-order valence-electron chi connectivity index (χ1n) is 9.10. The number of benzene rings is 1. The number of nitrogens with one attached hydrogen (secondary N) is 1. The van der Waals surface area contributed by atoms with Crippen LogP contribution in [-0.2, 0) is 11.2 Å². The topological polar surface area (TPSA) is 75.0 Å². The Morgan fingerprint density at radius 2 is 1.85 bits per heavy atom. The van der Waals surface area contributed by atoms with E-state index in [1.165, 1.54) is 6.26 Å². The van der Waals surface area contributed by atoms with Gasteiger partial charge in [-0.1, -0.05) is 12.1 Å². The molecule has 2 amide bonds. The minimum absolute atomic E-state index is 0.00863. The Labute approximate surface area is 158 Å². The van der Waals surface area contributed by atoms with Gasteiger partial charge in [0.2, 0.25) is 5.91 Å². The molecular weight excluding hydrogens is 346 g/mol. The maximum atomic E-state index is 12.2. The lowest BCUT2D eigenvalue weighted by Crippen LogP contribution is -2.51. The summed E-state index contributed by atoms with van der Waals surface area (Å²) in [5, 5.41) is 2.96. The van der Waals surface area contributed by atoms with Crippen molar-refractivity contribution in [3.05, 3.63) is 54.0 Å². The molecule has 0 radical (unpaired) electrons. The minimum atomic E-state index is -0.0939. The summed E-state index contributed by atoms with van der Waals surface area (Å²) >= 11 is 0. The average molecular weight is 371 g/mol. The number of amides is 2. The first-order valence-corrected chi connectivity index (χ1v) is 9.10. The SMILES string of the molecule is COc1ccc(CCNC(=O)CN2CCN(C(=O)c3ccco3)CC2)cc1. The van der Waals surface area contributed by atoms with Gasteiger partial charge in [0.05, 0.1) is 19.9 Å². The molecule has 0 atom stereocenters. The molecule has 0 aliphatic carbocycles. The van der Waals surface area contributed by atoms with Crippen LogP contribution in [0, 0.1) is 0 Å². The van der Waals surface area contributed by atoms with Gasteiger partial charge in [0.1, 0.15) is 5.75 Å². The molecule has 1 aliphatic heterocycles. The number of methoxy groups -OCH3 is 1. The van der Waals surface area contributed by atoms with E-state index in [2.05, 4.69) is 10.2 Å². The molecule has 0 bridgehead atoms. The number of carbonyl (C=O) groups excluding carboxylic acids is 2. The van der Waals surface area contributed by atoms with E-state index in [4.69, 9.17) is 9.15 Å². The number of carbonyl (C=O) groups is 2. The molecule has 0 spiro atoms. The Bertz CT molecular complexity index is 735. The summed E-state index contributed by atoms with van der Waals surface area (Å²) in [5.41, 5.74) is 1.15. The molecule has 0 unspecified atom stereocenters. The number of ether oxygens (including phenoxy) is 1. The zero-order chi connectivity index (χ0) is 19.1. The molecule has 1 saturated heterocycles. The monoisotopic (exact) mass is 371 g/mol. The Morgan fingerprint density at radius 3 is 2.48 bits per heavy atom. The lowest BCUT2D eigenvalue weighted by Gasteiger charge is -2.33. The Hall–Kier alpha value is -2.80. The molecule has 0 saturated carbocycles. The number of hydrogen-bond donors (Lipinski definition) is 1. The van der Waals surface area contributed by atoms with Crippen molar-refractivity contribution < 1.29 is 18.7 Å². The fraction of sp³-hybridized carbons (Fsp3) is 0.400. The predicted octanol–water partition coefficient (Wildman–Crippen LogP) is 1.40. The standard InChI is InChI=1S/C20H25N3O4/c1-26-17-6-4-16(5-7-17)8-9-21-19(24)15-22-10-12-23(13-11-22)20(25)18-3-2-14-27-18/h2-7,14H,8-13,15H2,1H3,(H,21,24). The summed E-state index contributed by atoms with van der Waals surface area (Å²) in [4.78, 5) is 28.2. The highest BCUT2D eigenvalue weighted by Gasteiger charge is 2.24. The zero-order valence-electron chi connectivity index (χ0n) is 15.5. The van der Waals surface area contributed by atoms with E-state index in [1.54, 1.807) is 24.1 Å². The molecule has 1 fully saturated rings. The highest BCUT2D eigenvalue weighted by molar-refractivity contribution is 5.91. The van der Waals surface area contributed by atoms with Crippen molar-refractivity contribution in [2.45, 2.75) is 6.42 Å². The van der Waals surface area contributed by atoms with Crippen molar-refractivity contribution in [1.82, 2.24) is 15.1 Å². The first kappa shape index (κ1) is 19.0. The molecule has 2 heterocycles. The summed E-state index contributed by atoms with van der Waals surface area (Å²) in [6.45, 7) is 3.50. The number of piperazine rings is 1. The predicted molar refractivity (Wildman–Crippen MR) is 101 cm³/mol. The highest BCUT2D eigenvalue weighted by atomic mass is 16.5. The van der Waals surface area contributed by atoms with E-state index in [9.17, 15) is 9.59 Å². The van der Waals surface area contributed by atoms with E-state index in [0.717, 1.165) is 17.7 Å². The van der Waals surface area contributed by atoms with Gasteiger partial charge >= 0.3 is 0 Å². The van der Waals surface area contributed by atoms with Crippen LogP contribution in [0.4, 0.5) is 0 Å². The normalized spacial score (nSPS) is 14.8. The van der Waals surface area contributed by atoms with Gasteiger partial charge in [0, 0.05) is 32.7 Å². The lowest BCUT2D eigenvalue weighted by molar-refractivity contribution is -0.122. The molecule has 1 aliphatic rings. The molecule has 7 heteroatoms. The molecule has 7 nitrogen and oxygen atoms in total. The van der Waals surface area contributed by atoms with Crippen molar-refractivity contribution >= 4 is 11.8 Å². The molecule has 3 rings (SSSR count). The smallest absolute Gasteiger partial charge is 0.289 e. The second-order valence-corrected chi connectivity index (χ2v) is 6.49. The molecule has 144 valence electrons. The lowest BCUT2D eigenvalue weighted by atomic mass is 10.1. The van der Waals surface area contributed by atoms with Gasteiger partial charge in [-0.05, 0) is 36.2 Å². The van der Waals surface area contributed by atoms with Crippen molar-refractivity contribution in [3.63, 3.8) is 0 Å². The van der Waals surface area contributed by atoms with Gasteiger partial charge in [0.25, 0.3) is 5.91 Å². The first-order chi connectivity index (χ1) is 13.2. The quantitative estimate of drug-likeness (QED) is 0.796. The van der Waals surface area contributed by atoms with Crippen LogP contribution < -0.4 is 10.1 Å². The fourth-order valence-electron chi connectivity index (χ4n) is 3.06. The molecular formula is C20H25N3O4. The van der Waals surface area contributed by atoms with E-state index < -0.39 is 0 Å². The van der Waals surface area contributed by atoms with Crippen molar-refractivity contribution in [3.8, 4) is 5.75 Å². The Kier molecular flexibility index (Phi) is 6.49. The molecule has 27 heavy (non-hydrogen) atoms. The van der Waals surface area contributed by atoms with E-state index in [-0.39, 0.29) is 11.8 Å². The third kappa shape index (κ3) is 5.34. The molecule has 1 N–H and O–H groups in total. The van der Waals surface area contributed by atoms with Gasteiger partial charge < -0.3 is 19.4 Å². The zero-order valence-corrected chi connectivity index (χ0v) is 15.5. The van der Waals surface area contributed by atoms with Crippen LogP contribution in [0.3, 0.4) is 0 Å². The van der Waals surface area contributed by atoms with Crippen LogP contribution >= 0.6 is 0 Å². The van der Waals surface area contributed by atoms with Crippen molar-refractivity contribution in [2.75, 3.05) is 46.4 Å². The van der Waals surface area contributed by atoms with Gasteiger partial charge in [-0.25, -0.2) is 0 Å². The highest BCUT2D eigenvalue weighted by Crippen LogP contribution is 2.11. The number of nitrogens with zero attached hydrogens (tertiary/aromatic N) is 2. The number of rotatable bonds is 7. The summed E-state index contributed by atoms with van der Waals surface area (Å²) in [7, 11) is 1.64. The van der Waals surface area contributed by atoms with Crippen LogP contribution in [0.25, 0.3) is 0 Å². The van der Waals surface area contributed by atoms with E-state index >= 15 is 0 Å². The van der Waals surface area contributed by atoms with Gasteiger partial charge in [-0.3, -0.25) is 14.5 Å². The molecule has 2 aromatic rings. The Balaban J connectivity index is 1.35. The molecule has 1 aromatic carbocycles. The summed E-state index contributed by atoms with van der Waals surface area (Å²) in [6, 6.07) is 11.2. The number of furan rings is 1. The second-order valence-electron chi connectivity index (χ2n) is 6.49. The summed E-state index contributed by atoms with van der Waals surface area (Å²) in [6.07, 6.45) is 2.28. The third-order valence-electron chi connectivity index (χ3n) is 4.65. The average Bonchev–Trinajstić information content (AvgIpc) is 3.23. The Morgan fingerprint density at radius 1 is 1.11 bits per heavy atom. The van der Waals surface area contributed by atoms with Crippen molar-refractivity contribution in [1.29, 1.82) is 0 Å². The van der Waals surface area contributed by atoms with Crippen LogP contribution in [-0.4, -0.2) is 68.0 Å². The second kappa shape index (κ2) is 9.23. The minimum Gasteiger partial charge on any atom is -0.497 e. The maximum Gasteiger partial charge on any atom is 0.289 e. The number of hydrogen-bond acceptors (Lipinski definition) is 5. The van der Waals surface area contributed by atoms with Gasteiger partial charge in [-0.15, -0.1) is 0 Å². The van der Waals surface area contributed by atoms with E-state index in [1.807, 2.05) is 24.3 Å². The summed E-state index contributed by atoms with van der Waals surface area (Å²) < 4.78 is 10.3. The van der Waals surface area contributed by atoms with Crippen LogP contribution in [0.5, 0.6) is 5.75 Å². The van der Waals surface area contributed by atoms with E-state index in [0.29, 0.717) is 45.0 Å². The largest absolute Gasteiger partial charge is 0.497 e. The van der Waals surface area contributed by atoms with Crippen LogP contribution in [0.1, 0.15) is 16.1 Å². The fourth-order valence-corrected chi connectivity index (χ4v) is 3.06. The van der Waals surface area contributed by atoms with Crippen molar-refractivity contribution in [2.24, 2.45) is 0 Å². The molecule has 1 aromatic heterocycles. The van der Waals surface area contributed by atoms with Gasteiger partial charge in [0.15, 0.2) is 5.76 Å². The summed E-state index contributed by atoms with van der Waals surface area (Å²) in [5.74, 6) is 1.10. The maximum absolute atomic E-state index is 12.2. The third-order valence-corrected chi connectivity index (χ3v) is 4.65. The van der Waals surface area contributed by atoms with Gasteiger partial charge in [-0.2, -0.15) is 0 Å². The van der Waals surface area contributed by atoms with Crippen LogP contribution in [0.2, 0.25) is 0 Å².